The zero-order valence-corrected chi connectivity index (χ0v) is 18.1. The van der Waals surface area contributed by atoms with Crippen LogP contribution in [0.3, 0.4) is 0 Å². The van der Waals surface area contributed by atoms with Gasteiger partial charge >= 0.3 is 6.61 Å². The molecule has 0 heterocycles. The Bertz CT molecular complexity index is 654. The standard InChI is InChI=1S/C26H37F3O/c27-24-17-23(15-16-25(24)30-26(28)29)22-13-9-19(10-14-22)6-5-18-7-11-21(12-8-18)20-3-1-2-4-20/h15-22,26H,1-14H2/t18-,19?,21-,22?. The summed E-state index contributed by atoms with van der Waals surface area (Å²) in [5.41, 5.74) is 0.929. The van der Waals surface area contributed by atoms with Crippen molar-refractivity contribution in [2.24, 2.45) is 23.7 Å². The molecule has 0 atom stereocenters. The Morgan fingerprint density at radius 1 is 0.767 bits per heavy atom. The van der Waals surface area contributed by atoms with Crippen LogP contribution in [0.2, 0.25) is 0 Å². The zero-order valence-electron chi connectivity index (χ0n) is 18.1. The van der Waals surface area contributed by atoms with Crippen LogP contribution in [0.25, 0.3) is 0 Å². The van der Waals surface area contributed by atoms with Crippen LogP contribution in [0.4, 0.5) is 13.2 Å². The molecule has 0 amide bonds. The van der Waals surface area contributed by atoms with E-state index in [0.717, 1.165) is 42.1 Å². The van der Waals surface area contributed by atoms with E-state index in [2.05, 4.69) is 4.74 Å². The summed E-state index contributed by atoms with van der Waals surface area (Å²) in [5.74, 6) is 3.13. The maximum Gasteiger partial charge on any atom is 0.387 e. The van der Waals surface area contributed by atoms with Gasteiger partial charge in [0.15, 0.2) is 11.6 Å². The van der Waals surface area contributed by atoms with Gasteiger partial charge in [-0.05, 0) is 85.8 Å². The van der Waals surface area contributed by atoms with E-state index in [4.69, 9.17) is 0 Å². The molecule has 0 N–H and O–H groups in total. The van der Waals surface area contributed by atoms with Crippen molar-refractivity contribution < 1.29 is 17.9 Å². The molecule has 0 spiro atoms. The Balaban J connectivity index is 1.17. The number of hydrogen-bond acceptors (Lipinski definition) is 1. The third-order valence-electron chi connectivity index (χ3n) is 8.43. The lowest BCUT2D eigenvalue weighted by atomic mass is 9.72. The number of halogens is 3. The summed E-state index contributed by atoms with van der Waals surface area (Å²) in [4.78, 5) is 0. The predicted octanol–water partition coefficient (Wildman–Crippen LogP) is 8.48. The first-order chi connectivity index (χ1) is 14.6. The molecular weight excluding hydrogens is 385 g/mol. The quantitative estimate of drug-likeness (QED) is 0.428. The second-order valence-electron chi connectivity index (χ2n) is 10.2. The van der Waals surface area contributed by atoms with Crippen LogP contribution in [-0.2, 0) is 0 Å². The van der Waals surface area contributed by atoms with Crippen LogP contribution in [-0.4, -0.2) is 6.61 Å². The van der Waals surface area contributed by atoms with E-state index in [-0.39, 0.29) is 5.75 Å². The molecule has 4 heteroatoms. The van der Waals surface area contributed by atoms with Crippen LogP contribution < -0.4 is 4.74 Å². The van der Waals surface area contributed by atoms with Crippen molar-refractivity contribution in [3.05, 3.63) is 29.6 Å². The van der Waals surface area contributed by atoms with E-state index in [0.29, 0.717) is 5.92 Å². The SMILES string of the molecule is Fc1cc(C2CCC(CC[C@H]3CC[C@H](C4CCCC4)CC3)CC2)ccc1OC(F)F. The van der Waals surface area contributed by atoms with Gasteiger partial charge in [0.25, 0.3) is 0 Å². The molecule has 0 unspecified atom stereocenters. The number of alkyl halides is 2. The average molecular weight is 423 g/mol. The molecular formula is C26H37F3O. The molecule has 168 valence electrons. The third kappa shape index (κ3) is 5.73. The lowest BCUT2D eigenvalue weighted by molar-refractivity contribution is -0.0522. The highest BCUT2D eigenvalue weighted by molar-refractivity contribution is 5.31. The van der Waals surface area contributed by atoms with Gasteiger partial charge in [-0.3, -0.25) is 0 Å². The Morgan fingerprint density at radius 3 is 1.90 bits per heavy atom. The van der Waals surface area contributed by atoms with Crippen LogP contribution in [0.1, 0.15) is 101 Å². The number of rotatable bonds is 7. The Kier molecular flexibility index (Phi) is 7.64. The van der Waals surface area contributed by atoms with Crippen LogP contribution in [0.5, 0.6) is 5.75 Å². The highest BCUT2D eigenvalue weighted by atomic mass is 19.3. The molecule has 1 aromatic carbocycles. The van der Waals surface area contributed by atoms with Crippen molar-refractivity contribution in [1.82, 2.24) is 0 Å². The molecule has 30 heavy (non-hydrogen) atoms. The average Bonchev–Trinajstić information content (AvgIpc) is 3.29. The second kappa shape index (κ2) is 10.4. The van der Waals surface area contributed by atoms with E-state index in [1.165, 1.54) is 89.2 Å². The minimum atomic E-state index is -2.99. The third-order valence-corrected chi connectivity index (χ3v) is 8.43. The fraction of sp³-hybridized carbons (Fsp3) is 0.769. The lowest BCUT2D eigenvalue weighted by Gasteiger charge is -2.34. The number of hydrogen-bond donors (Lipinski definition) is 0. The smallest absolute Gasteiger partial charge is 0.387 e. The van der Waals surface area contributed by atoms with Gasteiger partial charge in [0.2, 0.25) is 0 Å². The molecule has 0 bridgehead atoms. The minimum Gasteiger partial charge on any atom is -0.432 e. The topological polar surface area (TPSA) is 9.23 Å². The van der Waals surface area contributed by atoms with Crippen molar-refractivity contribution in [3.63, 3.8) is 0 Å². The van der Waals surface area contributed by atoms with Crippen LogP contribution >= 0.6 is 0 Å². The van der Waals surface area contributed by atoms with E-state index in [9.17, 15) is 13.2 Å². The summed E-state index contributed by atoms with van der Waals surface area (Å²) >= 11 is 0. The molecule has 0 radical (unpaired) electrons. The van der Waals surface area contributed by atoms with E-state index < -0.39 is 12.4 Å². The largest absolute Gasteiger partial charge is 0.432 e. The van der Waals surface area contributed by atoms with E-state index in [1.54, 1.807) is 6.07 Å². The van der Waals surface area contributed by atoms with Crippen LogP contribution in [0, 0.1) is 29.5 Å². The minimum absolute atomic E-state index is 0.346. The van der Waals surface area contributed by atoms with Gasteiger partial charge in [-0.2, -0.15) is 8.78 Å². The molecule has 1 nitrogen and oxygen atoms in total. The molecule has 0 aliphatic heterocycles. The van der Waals surface area contributed by atoms with Gasteiger partial charge in [-0.1, -0.05) is 57.4 Å². The van der Waals surface area contributed by atoms with Gasteiger partial charge in [0.05, 0.1) is 0 Å². The monoisotopic (exact) mass is 422 g/mol. The van der Waals surface area contributed by atoms with Crippen LogP contribution in [0.15, 0.2) is 18.2 Å². The van der Waals surface area contributed by atoms with Gasteiger partial charge < -0.3 is 4.74 Å². The van der Waals surface area contributed by atoms with Crippen molar-refractivity contribution in [3.8, 4) is 5.75 Å². The van der Waals surface area contributed by atoms with E-state index >= 15 is 0 Å². The number of ether oxygens (including phenoxy) is 1. The Labute approximate surface area is 179 Å². The Morgan fingerprint density at radius 2 is 1.33 bits per heavy atom. The summed E-state index contributed by atoms with van der Waals surface area (Å²) in [6, 6.07) is 4.50. The summed E-state index contributed by atoms with van der Waals surface area (Å²) in [7, 11) is 0. The number of benzene rings is 1. The van der Waals surface area contributed by atoms with Crippen molar-refractivity contribution in [2.75, 3.05) is 0 Å². The second-order valence-corrected chi connectivity index (χ2v) is 10.2. The highest BCUT2D eigenvalue weighted by Gasteiger charge is 2.30. The first-order valence-electron chi connectivity index (χ1n) is 12.3. The van der Waals surface area contributed by atoms with Gasteiger partial charge in [-0.25, -0.2) is 4.39 Å². The van der Waals surface area contributed by atoms with Crippen molar-refractivity contribution in [2.45, 2.75) is 102 Å². The van der Waals surface area contributed by atoms with Gasteiger partial charge in [-0.15, -0.1) is 0 Å². The molecule has 3 aliphatic carbocycles. The summed E-state index contributed by atoms with van der Waals surface area (Å²) in [6.07, 6.45) is 19.1. The van der Waals surface area contributed by atoms with Gasteiger partial charge in [0, 0.05) is 0 Å². The van der Waals surface area contributed by atoms with E-state index in [1.807, 2.05) is 0 Å². The zero-order chi connectivity index (χ0) is 20.9. The summed E-state index contributed by atoms with van der Waals surface area (Å²) in [6.45, 7) is -2.99. The molecule has 4 rings (SSSR count). The molecule has 3 fully saturated rings. The normalized spacial score (nSPS) is 30.7. The fourth-order valence-electron chi connectivity index (χ4n) is 6.60. The maximum atomic E-state index is 14.0. The highest BCUT2D eigenvalue weighted by Crippen LogP contribution is 2.43. The predicted molar refractivity (Wildman–Crippen MR) is 114 cm³/mol. The summed E-state index contributed by atoms with van der Waals surface area (Å²) < 4.78 is 42.9. The molecule has 0 aromatic heterocycles. The van der Waals surface area contributed by atoms with Crippen molar-refractivity contribution >= 4 is 0 Å². The first-order valence-corrected chi connectivity index (χ1v) is 12.3. The lowest BCUT2D eigenvalue weighted by Crippen LogP contribution is -2.21. The molecule has 3 saturated carbocycles. The van der Waals surface area contributed by atoms with Gasteiger partial charge in [0.1, 0.15) is 0 Å². The summed E-state index contributed by atoms with van der Waals surface area (Å²) in [5, 5.41) is 0. The molecule has 1 aromatic rings. The molecule has 3 aliphatic rings. The maximum absolute atomic E-state index is 14.0. The fourth-order valence-corrected chi connectivity index (χ4v) is 6.60. The molecule has 0 saturated heterocycles. The van der Waals surface area contributed by atoms with Crippen molar-refractivity contribution in [1.29, 1.82) is 0 Å². The Hall–Kier alpha value is -1.19. The first kappa shape index (κ1) is 22.0.